The molecule has 26 heteroatoms. The lowest BCUT2D eigenvalue weighted by molar-refractivity contribution is -0.374. The Morgan fingerprint density at radius 3 is 1.05 bits per heavy atom. The first kappa shape index (κ1) is 46.0. The van der Waals surface area contributed by atoms with Crippen LogP contribution in [0, 0.1) is 0 Å². The third-order valence-electron chi connectivity index (χ3n) is 10.3. The molecular formula is C30H52O26. The molecule has 5 fully saturated rings. The molecule has 0 radical (unpaired) electrons. The van der Waals surface area contributed by atoms with E-state index >= 15 is 0 Å². The van der Waals surface area contributed by atoms with Crippen LogP contribution in [0.5, 0.6) is 0 Å². The van der Waals surface area contributed by atoms with Crippen LogP contribution >= 0.6 is 0 Å². The van der Waals surface area contributed by atoms with Crippen LogP contribution in [0.4, 0.5) is 0 Å². The number of hydrogen-bond donors (Lipinski definition) is 17. The van der Waals surface area contributed by atoms with E-state index in [1.165, 1.54) is 0 Å². The van der Waals surface area contributed by atoms with E-state index in [0.717, 1.165) is 0 Å². The van der Waals surface area contributed by atoms with Crippen LogP contribution in [0.3, 0.4) is 0 Å². The van der Waals surface area contributed by atoms with Crippen LogP contribution in [0.25, 0.3) is 0 Å². The summed E-state index contributed by atoms with van der Waals surface area (Å²) in [4.78, 5) is 0. The van der Waals surface area contributed by atoms with Crippen LogP contribution in [0.1, 0.15) is 0 Å². The van der Waals surface area contributed by atoms with E-state index in [4.69, 9.17) is 42.6 Å². The van der Waals surface area contributed by atoms with Gasteiger partial charge in [0.15, 0.2) is 31.5 Å². The van der Waals surface area contributed by atoms with Gasteiger partial charge in [-0.05, 0) is 0 Å². The zero-order valence-electron chi connectivity index (χ0n) is 29.2. The lowest BCUT2D eigenvalue weighted by Gasteiger charge is -2.47. The number of rotatable bonds is 13. The van der Waals surface area contributed by atoms with Gasteiger partial charge in [-0.1, -0.05) is 0 Å². The summed E-state index contributed by atoms with van der Waals surface area (Å²) in [6.07, 6.45) is -45.5. The van der Waals surface area contributed by atoms with Gasteiger partial charge in [0.25, 0.3) is 0 Å². The molecule has 5 aliphatic rings. The quantitative estimate of drug-likeness (QED) is 0.0819. The Labute approximate surface area is 316 Å². The summed E-state index contributed by atoms with van der Waals surface area (Å²) in [6.45, 7) is -4.05. The molecule has 0 spiro atoms. The number of hydrogen-bond acceptors (Lipinski definition) is 26. The van der Waals surface area contributed by atoms with E-state index in [1.54, 1.807) is 0 Å². The Balaban J connectivity index is 1.23. The second-order valence-electron chi connectivity index (χ2n) is 14.0. The summed E-state index contributed by atoms with van der Waals surface area (Å²) in [6, 6.07) is 0. The highest BCUT2D eigenvalue weighted by Crippen LogP contribution is 2.33. The summed E-state index contributed by atoms with van der Waals surface area (Å²) in [5.41, 5.74) is 0. The molecule has 0 aromatic heterocycles. The Hall–Kier alpha value is -1.04. The van der Waals surface area contributed by atoms with Gasteiger partial charge < -0.3 is 129 Å². The van der Waals surface area contributed by atoms with Crippen molar-refractivity contribution in [1.29, 1.82) is 0 Å². The fraction of sp³-hybridized carbons (Fsp3) is 1.00. The van der Waals surface area contributed by atoms with Gasteiger partial charge in [-0.2, -0.15) is 0 Å². The van der Waals surface area contributed by atoms with E-state index in [9.17, 15) is 86.8 Å². The average Bonchev–Trinajstić information content (AvgIpc) is 3.18. The molecule has 0 amide bonds. The zero-order valence-corrected chi connectivity index (χ0v) is 29.2. The standard InChI is InChI=1S/C30H52O26/c31-1-6-11(34)16(39)19(42)27(51-6)48-4-9-12(35)18(41)21(44)30(54-9)56-25-15(38)8(3-33)52-28(23(25)46)49-5-10-13(36)17(40)20(43)29(53-10)55-24-14(37)7(2-32)50-26(47)22(24)45/h6-47H,1-5H2/t6-,7-,8-,9-,10-,11-,12-,13-,14-,15-,16+,17+,18+,19-,20-,21-,22-,23-,24+,25+,26?,27?,28?,29?,30?/m1/s1. The van der Waals surface area contributed by atoms with Crippen molar-refractivity contribution in [3.8, 4) is 0 Å². The summed E-state index contributed by atoms with van der Waals surface area (Å²) in [5.74, 6) is 0. The molecule has 17 N–H and O–H groups in total. The minimum absolute atomic E-state index is 0.735. The molecule has 26 nitrogen and oxygen atoms in total. The van der Waals surface area contributed by atoms with Crippen LogP contribution in [-0.4, -0.2) is 273 Å². The Morgan fingerprint density at radius 2 is 0.625 bits per heavy atom. The van der Waals surface area contributed by atoms with Crippen LogP contribution < -0.4 is 0 Å². The largest absolute Gasteiger partial charge is 0.394 e. The normalized spacial score (nSPS) is 53.2. The van der Waals surface area contributed by atoms with Crippen LogP contribution in [0.2, 0.25) is 0 Å². The maximum atomic E-state index is 11.2. The molecule has 5 unspecified atom stereocenters. The second kappa shape index (κ2) is 19.6. The molecular weight excluding hydrogens is 776 g/mol. The molecule has 5 heterocycles. The van der Waals surface area contributed by atoms with Gasteiger partial charge in [0.2, 0.25) is 0 Å². The molecule has 56 heavy (non-hydrogen) atoms. The Kier molecular flexibility index (Phi) is 16.1. The summed E-state index contributed by atoms with van der Waals surface area (Å²) >= 11 is 0. The molecule has 25 atom stereocenters. The van der Waals surface area contributed by atoms with Crippen molar-refractivity contribution in [1.82, 2.24) is 0 Å². The molecule has 328 valence electrons. The Morgan fingerprint density at radius 1 is 0.304 bits per heavy atom. The molecule has 5 rings (SSSR count). The number of ether oxygens (including phenoxy) is 9. The first-order valence-corrected chi connectivity index (χ1v) is 17.6. The van der Waals surface area contributed by atoms with Crippen molar-refractivity contribution < 1.29 is 129 Å². The van der Waals surface area contributed by atoms with Crippen molar-refractivity contribution in [2.45, 2.75) is 154 Å². The van der Waals surface area contributed by atoms with E-state index < -0.39 is 187 Å². The van der Waals surface area contributed by atoms with Gasteiger partial charge in [0.1, 0.15) is 122 Å². The van der Waals surface area contributed by atoms with E-state index in [2.05, 4.69) is 0 Å². The van der Waals surface area contributed by atoms with Gasteiger partial charge in [0.05, 0.1) is 33.0 Å². The van der Waals surface area contributed by atoms with Gasteiger partial charge >= 0.3 is 0 Å². The maximum absolute atomic E-state index is 11.2. The summed E-state index contributed by atoms with van der Waals surface area (Å²) in [7, 11) is 0. The van der Waals surface area contributed by atoms with Gasteiger partial charge in [-0.3, -0.25) is 0 Å². The highest BCUT2D eigenvalue weighted by atomic mass is 16.8. The SMILES string of the molecule is OC[C@H]1OC(OC[C@H]2OC(O[C@H]3[C@H](O)[C@@H](CO)OC(OC[C@H]4OC(O[C@H]5[C@H](O)[C@@H](CO)OC(O)[C@@H]5O)[C@H](O)[C@@H](O)[C@@H]4O)[C@@H]3O)[C@H](O)[C@@H](O)[C@@H]2O)[C@H](O)[C@@H](O)[C@@H]1O. The van der Waals surface area contributed by atoms with Gasteiger partial charge in [-0.25, -0.2) is 0 Å². The Bertz CT molecular complexity index is 1210. The monoisotopic (exact) mass is 828 g/mol. The minimum atomic E-state index is -2.06. The number of aliphatic hydroxyl groups is 17. The predicted molar refractivity (Wildman–Crippen MR) is 167 cm³/mol. The van der Waals surface area contributed by atoms with E-state index in [-0.39, 0.29) is 0 Å². The topological polar surface area (TPSA) is 427 Å². The zero-order chi connectivity index (χ0) is 41.3. The first-order valence-electron chi connectivity index (χ1n) is 17.6. The second-order valence-corrected chi connectivity index (χ2v) is 14.0. The lowest BCUT2D eigenvalue weighted by atomic mass is 9.96. The van der Waals surface area contributed by atoms with Crippen molar-refractivity contribution in [3.05, 3.63) is 0 Å². The first-order chi connectivity index (χ1) is 26.4. The smallest absolute Gasteiger partial charge is 0.187 e. The van der Waals surface area contributed by atoms with Crippen LogP contribution in [-0.2, 0) is 42.6 Å². The molecule has 5 saturated heterocycles. The third kappa shape index (κ3) is 9.46. The maximum Gasteiger partial charge on any atom is 0.187 e. The van der Waals surface area contributed by atoms with Gasteiger partial charge in [0, 0.05) is 0 Å². The highest BCUT2D eigenvalue weighted by molar-refractivity contribution is 4.97. The summed E-state index contributed by atoms with van der Waals surface area (Å²) in [5, 5.41) is 175. The fourth-order valence-corrected chi connectivity index (χ4v) is 6.81. The molecule has 5 aliphatic heterocycles. The third-order valence-corrected chi connectivity index (χ3v) is 10.3. The molecule has 0 aliphatic carbocycles. The fourth-order valence-electron chi connectivity index (χ4n) is 6.81. The molecule has 0 aromatic carbocycles. The average molecular weight is 829 g/mol. The highest BCUT2D eigenvalue weighted by Gasteiger charge is 2.54. The molecule has 0 bridgehead atoms. The lowest BCUT2D eigenvalue weighted by Crippen LogP contribution is -2.66. The van der Waals surface area contributed by atoms with Gasteiger partial charge in [-0.15, -0.1) is 0 Å². The number of aliphatic hydroxyl groups excluding tert-OH is 17. The minimum Gasteiger partial charge on any atom is -0.394 e. The van der Waals surface area contributed by atoms with Crippen molar-refractivity contribution in [2.75, 3.05) is 33.0 Å². The van der Waals surface area contributed by atoms with Crippen LogP contribution in [0.15, 0.2) is 0 Å². The molecule has 0 aromatic rings. The van der Waals surface area contributed by atoms with Crippen molar-refractivity contribution in [3.63, 3.8) is 0 Å². The van der Waals surface area contributed by atoms with Crippen molar-refractivity contribution in [2.24, 2.45) is 0 Å². The summed E-state index contributed by atoms with van der Waals surface area (Å²) < 4.78 is 48.6. The van der Waals surface area contributed by atoms with Crippen molar-refractivity contribution >= 4 is 0 Å². The molecule has 0 saturated carbocycles. The van der Waals surface area contributed by atoms with E-state index in [0.29, 0.717) is 0 Å². The predicted octanol–water partition coefficient (Wildman–Crippen LogP) is -11.9. The van der Waals surface area contributed by atoms with E-state index in [1.807, 2.05) is 0 Å².